The van der Waals surface area contributed by atoms with Gasteiger partial charge in [-0.2, -0.15) is 16.1 Å². The predicted octanol–water partition coefficient (Wildman–Crippen LogP) is 3.13. The van der Waals surface area contributed by atoms with Crippen LogP contribution >= 0.6 is 23.3 Å². The van der Waals surface area contributed by atoms with E-state index in [0.717, 1.165) is 36.2 Å². The van der Waals surface area contributed by atoms with Gasteiger partial charge in [-0.15, -0.1) is 0 Å². The molecule has 6 heteroatoms. The molecule has 0 unspecified atom stereocenters. The molecule has 2 fully saturated rings. The second-order valence-electron chi connectivity index (χ2n) is 5.78. The summed E-state index contributed by atoms with van der Waals surface area (Å²) in [5.41, 5.74) is 0.131. The van der Waals surface area contributed by atoms with Crippen LogP contribution in [0.25, 0.3) is 0 Å². The molecule has 19 heavy (non-hydrogen) atoms. The highest BCUT2D eigenvalue weighted by molar-refractivity contribution is 7.99. The summed E-state index contributed by atoms with van der Waals surface area (Å²) in [5, 5.41) is 4.53. The highest BCUT2D eigenvalue weighted by atomic mass is 32.2. The average molecular weight is 299 g/mol. The Morgan fingerprint density at radius 3 is 3.05 bits per heavy atom. The third-order valence-corrected chi connectivity index (χ3v) is 5.73. The number of nitrogens with zero attached hydrogens (tertiary/aromatic N) is 2. The zero-order valence-corrected chi connectivity index (χ0v) is 13.1. The van der Waals surface area contributed by atoms with Gasteiger partial charge in [0, 0.05) is 35.9 Å². The Bertz CT molecular complexity index is 429. The molecule has 2 aliphatic heterocycles. The Kier molecular flexibility index (Phi) is 4.01. The number of aromatic nitrogens is 2. The van der Waals surface area contributed by atoms with E-state index in [9.17, 15) is 0 Å². The molecule has 0 bridgehead atoms. The van der Waals surface area contributed by atoms with Gasteiger partial charge in [0.2, 0.25) is 5.13 Å². The van der Waals surface area contributed by atoms with Crippen molar-refractivity contribution in [3.8, 4) is 0 Å². The van der Waals surface area contributed by atoms with Crippen molar-refractivity contribution in [3.63, 3.8) is 0 Å². The highest BCUT2D eigenvalue weighted by Crippen LogP contribution is 2.39. The first-order chi connectivity index (χ1) is 9.17. The minimum absolute atomic E-state index is 0.131. The van der Waals surface area contributed by atoms with Gasteiger partial charge in [0.15, 0.2) is 0 Å². The first-order valence-electron chi connectivity index (χ1n) is 6.99. The van der Waals surface area contributed by atoms with Crippen LogP contribution in [0.4, 0.5) is 5.13 Å². The molecule has 0 amide bonds. The van der Waals surface area contributed by atoms with Crippen molar-refractivity contribution in [2.45, 2.75) is 50.7 Å². The second kappa shape index (κ2) is 5.58. The monoisotopic (exact) mass is 299 g/mol. The Labute approximate surface area is 122 Å². The molecule has 3 rings (SSSR count). The Morgan fingerprint density at radius 2 is 2.37 bits per heavy atom. The van der Waals surface area contributed by atoms with Gasteiger partial charge >= 0.3 is 0 Å². The van der Waals surface area contributed by atoms with E-state index in [2.05, 4.69) is 28.5 Å². The molecule has 0 saturated carbocycles. The molecule has 1 N–H and O–H groups in total. The van der Waals surface area contributed by atoms with Crippen LogP contribution in [0.3, 0.4) is 0 Å². The van der Waals surface area contributed by atoms with E-state index in [4.69, 9.17) is 4.74 Å². The lowest BCUT2D eigenvalue weighted by molar-refractivity contribution is -0.0628. The third-order valence-electron chi connectivity index (χ3n) is 3.85. The Balaban J connectivity index is 1.62. The lowest BCUT2D eigenvalue weighted by atomic mass is 9.90. The molecule has 0 aliphatic carbocycles. The molecule has 1 aromatic rings. The molecule has 1 spiro atoms. The largest absolute Gasteiger partial charge is 0.374 e. The SMILES string of the molecule is CC(C)c1nsc(N[C@@H]2CCO[C@]3(CCSC3)C2)n1. The van der Waals surface area contributed by atoms with Crippen LogP contribution in [0.5, 0.6) is 0 Å². The summed E-state index contributed by atoms with van der Waals surface area (Å²) in [6.07, 6.45) is 3.38. The van der Waals surface area contributed by atoms with E-state index in [1.54, 1.807) is 0 Å². The van der Waals surface area contributed by atoms with Gasteiger partial charge < -0.3 is 10.1 Å². The minimum Gasteiger partial charge on any atom is -0.374 e. The van der Waals surface area contributed by atoms with Crippen LogP contribution < -0.4 is 5.32 Å². The smallest absolute Gasteiger partial charge is 0.202 e. The summed E-state index contributed by atoms with van der Waals surface area (Å²) >= 11 is 3.50. The summed E-state index contributed by atoms with van der Waals surface area (Å²) in [6.45, 7) is 5.13. The fourth-order valence-electron chi connectivity index (χ4n) is 2.72. The van der Waals surface area contributed by atoms with Gasteiger partial charge in [-0.3, -0.25) is 0 Å². The fraction of sp³-hybridized carbons (Fsp3) is 0.846. The van der Waals surface area contributed by atoms with Crippen LogP contribution in [0, 0.1) is 0 Å². The predicted molar refractivity (Wildman–Crippen MR) is 81.3 cm³/mol. The summed E-state index contributed by atoms with van der Waals surface area (Å²) in [5.74, 6) is 3.74. The molecule has 1 aromatic heterocycles. The zero-order valence-electron chi connectivity index (χ0n) is 11.5. The maximum absolute atomic E-state index is 6.04. The van der Waals surface area contributed by atoms with Gasteiger partial charge in [0.25, 0.3) is 0 Å². The van der Waals surface area contributed by atoms with Gasteiger partial charge in [-0.25, -0.2) is 4.98 Å². The van der Waals surface area contributed by atoms with Crippen molar-refractivity contribution < 1.29 is 4.74 Å². The van der Waals surface area contributed by atoms with Gasteiger partial charge in [-0.1, -0.05) is 13.8 Å². The summed E-state index contributed by atoms with van der Waals surface area (Å²) in [4.78, 5) is 4.57. The number of ether oxygens (including phenoxy) is 1. The molecule has 2 atom stereocenters. The maximum atomic E-state index is 6.04. The molecular weight excluding hydrogens is 278 g/mol. The van der Waals surface area contributed by atoms with Crippen molar-refractivity contribution in [1.29, 1.82) is 0 Å². The Hall–Kier alpha value is -0.330. The average Bonchev–Trinajstić information content (AvgIpc) is 3.00. The van der Waals surface area contributed by atoms with Crippen LogP contribution in [-0.4, -0.2) is 39.1 Å². The van der Waals surface area contributed by atoms with Crippen LogP contribution in [0.2, 0.25) is 0 Å². The van der Waals surface area contributed by atoms with Gasteiger partial charge in [0.05, 0.1) is 5.60 Å². The summed E-state index contributed by atoms with van der Waals surface area (Å²) < 4.78 is 10.4. The van der Waals surface area contributed by atoms with Crippen molar-refractivity contribution in [3.05, 3.63) is 5.82 Å². The molecule has 0 aromatic carbocycles. The molecule has 4 nitrogen and oxygen atoms in total. The minimum atomic E-state index is 0.131. The number of rotatable bonds is 3. The van der Waals surface area contributed by atoms with Gasteiger partial charge in [0.1, 0.15) is 5.82 Å². The zero-order chi connectivity index (χ0) is 13.3. The van der Waals surface area contributed by atoms with E-state index in [1.165, 1.54) is 23.7 Å². The number of thioether (sulfide) groups is 1. The van der Waals surface area contributed by atoms with Crippen LogP contribution in [0.15, 0.2) is 0 Å². The van der Waals surface area contributed by atoms with Crippen LogP contribution in [-0.2, 0) is 4.74 Å². The molecule has 2 saturated heterocycles. The van der Waals surface area contributed by atoms with Crippen LogP contribution in [0.1, 0.15) is 44.9 Å². The number of hydrogen-bond donors (Lipinski definition) is 1. The quantitative estimate of drug-likeness (QED) is 0.929. The van der Waals surface area contributed by atoms with Crippen molar-refractivity contribution in [1.82, 2.24) is 9.36 Å². The van der Waals surface area contributed by atoms with E-state index < -0.39 is 0 Å². The molecular formula is C13H21N3OS2. The third kappa shape index (κ3) is 3.06. The second-order valence-corrected chi connectivity index (χ2v) is 7.64. The van der Waals surface area contributed by atoms with E-state index in [1.807, 2.05) is 11.8 Å². The molecule has 2 aliphatic rings. The van der Waals surface area contributed by atoms with E-state index in [-0.39, 0.29) is 5.60 Å². The highest BCUT2D eigenvalue weighted by Gasteiger charge is 2.40. The first-order valence-corrected chi connectivity index (χ1v) is 8.91. The fourth-order valence-corrected chi connectivity index (χ4v) is 4.88. The summed E-state index contributed by atoms with van der Waals surface area (Å²) in [6, 6.07) is 0.486. The van der Waals surface area contributed by atoms with Gasteiger partial charge in [-0.05, 0) is 25.0 Å². The topological polar surface area (TPSA) is 47.0 Å². The molecule has 0 radical (unpaired) electrons. The van der Waals surface area contributed by atoms with Crippen molar-refractivity contribution in [2.24, 2.45) is 0 Å². The standard InChI is InChI=1S/C13H21N3OS2/c1-9(2)11-15-12(19-16-11)14-10-3-5-17-13(7-10)4-6-18-8-13/h9-10H,3-8H2,1-2H3,(H,14,15,16)/t10-,13-/m1/s1. The maximum Gasteiger partial charge on any atom is 0.202 e. The number of hydrogen-bond acceptors (Lipinski definition) is 6. The summed E-state index contributed by atoms with van der Waals surface area (Å²) in [7, 11) is 0. The lowest BCUT2D eigenvalue weighted by Gasteiger charge is -2.37. The number of nitrogens with one attached hydrogen (secondary N) is 1. The molecule has 106 valence electrons. The lowest BCUT2D eigenvalue weighted by Crippen LogP contribution is -2.44. The van der Waals surface area contributed by atoms with Crippen molar-refractivity contribution >= 4 is 28.4 Å². The van der Waals surface area contributed by atoms with E-state index in [0.29, 0.717) is 12.0 Å². The normalized spacial score (nSPS) is 31.2. The number of anilines is 1. The Morgan fingerprint density at radius 1 is 1.47 bits per heavy atom. The van der Waals surface area contributed by atoms with E-state index >= 15 is 0 Å². The molecule has 3 heterocycles. The van der Waals surface area contributed by atoms with Crippen molar-refractivity contribution in [2.75, 3.05) is 23.4 Å². The first kappa shape index (κ1) is 13.6.